The molecule has 0 aliphatic carbocycles. The Morgan fingerprint density at radius 3 is 2.63 bits per heavy atom. The molecule has 0 atom stereocenters. The third kappa shape index (κ3) is 2.29. The summed E-state index contributed by atoms with van der Waals surface area (Å²) < 4.78 is 20.5. The van der Waals surface area contributed by atoms with Gasteiger partial charge in [-0.05, 0) is 30.7 Å². The summed E-state index contributed by atoms with van der Waals surface area (Å²) in [4.78, 5) is 10.9. The van der Waals surface area contributed by atoms with Crippen LogP contribution in [0.4, 0.5) is 4.39 Å². The van der Waals surface area contributed by atoms with Crippen LogP contribution in [-0.4, -0.2) is 28.0 Å². The van der Waals surface area contributed by atoms with E-state index in [-0.39, 0.29) is 17.0 Å². The fourth-order valence-corrected chi connectivity index (χ4v) is 1.89. The van der Waals surface area contributed by atoms with Gasteiger partial charge in [0.2, 0.25) is 0 Å². The molecule has 0 bridgehead atoms. The van der Waals surface area contributed by atoms with Gasteiger partial charge in [-0.25, -0.2) is 9.18 Å². The van der Waals surface area contributed by atoms with E-state index in [1.54, 1.807) is 26.1 Å². The first-order valence-electron chi connectivity index (χ1n) is 5.56. The number of aromatic carboxylic acids is 1. The largest absolute Gasteiger partial charge is 0.494 e. The molecule has 1 aromatic heterocycles. The second kappa shape index (κ2) is 4.72. The predicted molar refractivity (Wildman–Crippen MR) is 66.9 cm³/mol. The molecule has 0 radical (unpaired) electrons. The minimum atomic E-state index is -1.15. The summed E-state index contributed by atoms with van der Waals surface area (Å²) in [5.41, 5.74) is 1.33. The minimum absolute atomic E-state index is 0.119. The number of benzene rings is 1. The molecule has 19 heavy (non-hydrogen) atoms. The number of ether oxygens (including phenoxy) is 1. The molecule has 0 saturated heterocycles. The zero-order valence-corrected chi connectivity index (χ0v) is 10.8. The average Bonchev–Trinajstić information content (AvgIpc) is 2.74. The van der Waals surface area contributed by atoms with Crippen LogP contribution < -0.4 is 4.74 Å². The lowest BCUT2D eigenvalue weighted by atomic mass is 10.1. The third-order valence-electron chi connectivity index (χ3n) is 2.78. The maximum absolute atomic E-state index is 14.2. The molecule has 0 amide bonds. The van der Waals surface area contributed by atoms with Crippen LogP contribution in [0.1, 0.15) is 16.1 Å². The predicted octanol–water partition coefficient (Wildman–Crippen LogP) is 2.24. The Labute approximate surface area is 109 Å². The summed E-state index contributed by atoms with van der Waals surface area (Å²) in [5, 5.41) is 12.7. The van der Waals surface area contributed by atoms with Gasteiger partial charge in [-0.15, -0.1) is 0 Å². The third-order valence-corrected chi connectivity index (χ3v) is 2.78. The minimum Gasteiger partial charge on any atom is -0.494 e. The van der Waals surface area contributed by atoms with E-state index in [4.69, 9.17) is 9.84 Å². The van der Waals surface area contributed by atoms with Gasteiger partial charge in [0.1, 0.15) is 0 Å². The maximum atomic E-state index is 14.2. The SMILES string of the molecule is COc1cc(C)cc(-c2cc(C(=O)O)nn2C)c1F. The van der Waals surface area contributed by atoms with Crippen molar-refractivity contribution in [3.63, 3.8) is 0 Å². The van der Waals surface area contributed by atoms with E-state index in [0.717, 1.165) is 5.56 Å². The Morgan fingerprint density at radius 2 is 2.11 bits per heavy atom. The average molecular weight is 264 g/mol. The molecule has 0 aliphatic rings. The number of rotatable bonds is 3. The number of nitrogens with zero attached hydrogens (tertiary/aromatic N) is 2. The van der Waals surface area contributed by atoms with Gasteiger partial charge >= 0.3 is 5.97 Å². The zero-order valence-electron chi connectivity index (χ0n) is 10.8. The second-order valence-corrected chi connectivity index (χ2v) is 4.17. The van der Waals surface area contributed by atoms with Crippen molar-refractivity contribution in [2.75, 3.05) is 7.11 Å². The Kier molecular flexibility index (Phi) is 3.25. The Bertz CT molecular complexity index is 650. The summed E-state index contributed by atoms with van der Waals surface area (Å²) in [6.45, 7) is 1.81. The lowest BCUT2D eigenvalue weighted by Crippen LogP contribution is -2.00. The number of aromatic nitrogens is 2. The molecule has 1 N–H and O–H groups in total. The monoisotopic (exact) mass is 264 g/mol. The van der Waals surface area contributed by atoms with Crippen molar-refractivity contribution in [1.82, 2.24) is 9.78 Å². The Balaban J connectivity index is 2.65. The van der Waals surface area contributed by atoms with E-state index in [9.17, 15) is 9.18 Å². The Hall–Kier alpha value is -2.37. The standard InChI is InChI=1S/C13H13FN2O3/c1-7-4-8(12(14)11(5-7)19-3)10-6-9(13(17)18)15-16(10)2/h4-6H,1-3H3,(H,17,18). The lowest BCUT2D eigenvalue weighted by molar-refractivity contribution is 0.0689. The van der Waals surface area contributed by atoms with Gasteiger partial charge in [0.15, 0.2) is 17.3 Å². The van der Waals surface area contributed by atoms with Gasteiger partial charge in [0.05, 0.1) is 12.8 Å². The molecular weight excluding hydrogens is 251 g/mol. The second-order valence-electron chi connectivity index (χ2n) is 4.17. The maximum Gasteiger partial charge on any atom is 0.356 e. The molecule has 1 heterocycles. The highest BCUT2D eigenvalue weighted by Crippen LogP contribution is 2.30. The molecule has 2 aromatic rings. The van der Waals surface area contributed by atoms with Crippen LogP contribution in [0.25, 0.3) is 11.3 Å². The van der Waals surface area contributed by atoms with Crippen molar-refractivity contribution < 1.29 is 19.0 Å². The van der Waals surface area contributed by atoms with E-state index in [2.05, 4.69) is 5.10 Å². The summed E-state index contributed by atoms with van der Waals surface area (Å²) in [6.07, 6.45) is 0. The number of carboxylic acid groups (broad SMARTS) is 1. The van der Waals surface area contributed by atoms with Crippen molar-refractivity contribution in [1.29, 1.82) is 0 Å². The first kappa shape index (κ1) is 13.1. The summed E-state index contributed by atoms with van der Waals surface area (Å²) in [5.74, 6) is -1.57. The van der Waals surface area contributed by atoms with Crippen molar-refractivity contribution in [2.24, 2.45) is 7.05 Å². The van der Waals surface area contributed by atoms with Crippen molar-refractivity contribution in [2.45, 2.75) is 6.92 Å². The molecule has 100 valence electrons. The van der Waals surface area contributed by atoms with Gasteiger partial charge in [0.25, 0.3) is 0 Å². The number of hydrogen-bond donors (Lipinski definition) is 1. The first-order chi connectivity index (χ1) is 8.93. The molecule has 0 spiro atoms. The number of carbonyl (C=O) groups is 1. The number of carboxylic acids is 1. The molecule has 0 aliphatic heterocycles. The summed E-state index contributed by atoms with van der Waals surface area (Å²) >= 11 is 0. The highest BCUT2D eigenvalue weighted by Gasteiger charge is 2.18. The molecule has 6 heteroatoms. The number of methoxy groups -OCH3 is 1. The van der Waals surface area contributed by atoms with E-state index in [1.807, 2.05) is 0 Å². The van der Waals surface area contributed by atoms with E-state index < -0.39 is 11.8 Å². The highest BCUT2D eigenvalue weighted by atomic mass is 19.1. The smallest absolute Gasteiger partial charge is 0.356 e. The van der Waals surface area contributed by atoms with Gasteiger partial charge in [-0.1, -0.05) is 0 Å². The highest BCUT2D eigenvalue weighted by molar-refractivity contribution is 5.87. The van der Waals surface area contributed by atoms with Crippen LogP contribution in [0.5, 0.6) is 5.75 Å². The lowest BCUT2D eigenvalue weighted by Gasteiger charge is -2.09. The van der Waals surface area contributed by atoms with Crippen molar-refractivity contribution in [3.05, 3.63) is 35.3 Å². The quantitative estimate of drug-likeness (QED) is 0.923. The van der Waals surface area contributed by atoms with Crippen LogP contribution in [-0.2, 0) is 7.05 Å². The summed E-state index contributed by atoms with van der Waals surface area (Å²) in [6, 6.07) is 4.54. The fourth-order valence-electron chi connectivity index (χ4n) is 1.89. The molecule has 0 saturated carbocycles. The normalized spacial score (nSPS) is 10.5. The molecule has 0 fully saturated rings. The Morgan fingerprint density at radius 1 is 1.42 bits per heavy atom. The van der Waals surface area contributed by atoms with Crippen molar-refractivity contribution >= 4 is 5.97 Å². The topological polar surface area (TPSA) is 64.3 Å². The van der Waals surface area contributed by atoms with Gasteiger partial charge in [-0.2, -0.15) is 5.10 Å². The molecule has 0 unspecified atom stereocenters. The van der Waals surface area contributed by atoms with Crippen LogP contribution >= 0.6 is 0 Å². The molecule has 1 aromatic carbocycles. The van der Waals surface area contributed by atoms with E-state index >= 15 is 0 Å². The molecular formula is C13H13FN2O3. The van der Waals surface area contributed by atoms with E-state index in [0.29, 0.717) is 5.69 Å². The fraction of sp³-hybridized carbons (Fsp3) is 0.231. The number of aryl methyl sites for hydroxylation is 2. The van der Waals surface area contributed by atoms with Gasteiger partial charge < -0.3 is 9.84 Å². The summed E-state index contributed by atoms with van der Waals surface area (Å²) in [7, 11) is 2.95. The first-order valence-corrected chi connectivity index (χ1v) is 5.56. The van der Waals surface area contributed by atoms with Crippen LogP contribution in [0.3, 0.4) is 0 Å². The van der Waals surface area contributed by atoms with Gasteiger partial charge in [-0.3, -0.25) is 4.68 Å². The van der Waals surface area contributed by atoms with Crippen LogP contribution in [0, 0.1) is 12.7 Å². The zero-order chi connectivity index (χ0) is 14.2. The van der Waals surface area contributed by atoms with E-state index in [1.165, 1.54) is 17.9 Å². The van der Waals surface area contributed by atoms with Gasteiger partial charge in [0, 0.05) is 12.6 Å². The van der Waals surface area contributed by atoms with Crippen LogP contribution in [0.2, 0.25) is 0 Å². The molecule has 2 rings (SSSR count). The molecule has 5 nitrogen and oxygen atoms in total. The number of hydrogen-bond acceptors (Lipinski definition) is 3. The van der Waals surface area contributed by atoms with Crippen molar-refractivity contribution in [3.8, 4) is 17.0 Å². The number of halogens is 1. The van der Waals surface area contributed by atoms with Crippen LogP contribution in [0.15, 0.2) is 18.2 Å².